The molecule has 0 atom stereocenters. The van der Waals surface area contributed by atoms with Crippen molar-refractivity contribution >= 4 is 33.8 Å². The Morgan fingerprint density at radius 2 is 2.06 bits per heavy atom. The van der Waals surface area contributed by atoms with Gasteiger partial charge < -0.3 is 4.42 Å². The number of benzene rings is 1. The summed E-state index contributed by atoms with van der Waals surface area (Å²) in [5, 5.41) is -0.0180. The van der Waals surface area contributed by atoms with Gasteiger partial charge in [0.05, 0.1) is 11.3 Å². The van der Waals surface area contributed by atoms with E-state index in [2.05, 4.69) is 15.9 Å². The molecular formula is C11H5BrClFO2. The normalized spacial score (nSPS) is 10.4. The number of hydrogen-bond acceptors (Lipinski definition) is 2. The molecule has 0 saturated heterocycles. The minimum Gasteiger partial charge on any atom is -0.461 e. The topological polar surface area (TPSA) is 30.2 Å². The highest BCUT2D eigenvalue weighted by Gasteiger charge is 2.16. The van der Waals surface area contributed by atoms with Crippen LogP contribution in [0, 0.1) is 5.82 Å². The molecule has 1 heterocycles. The van der Waals surface area contributed by atoms with Gasteiger partial charge in [-0.15, -0.1) is 0 Å². The van der Waals surface area contributed by atoms with E-state index in [9.17, 15) is 9.18 Å². The maximum Gasteiger partial charge on any atom is 0.185 e. The predicted octanol–water partition coefficient (Wildman–Crippen LogP) is 4.31. The van der Waals surface area contributed by atoms with Gasteiger partial charge in [-0.1, -0.05) is 17.7 Å². The smallest absolute Gasteiger partial charge is 0.185 e. The van der Waals surface area contributed by atoms with Crippen molar-refractivity contribution < 1.29 is 13.6 Å². The Morgan fingerprint density at radius 1 is 1.31 bits per heavy atom. The molecule has 1 aromatic heterocycles. The number of halogens is 3. The van der Waals surface area contributed by atoms with Gasteiger partial charge in [0.15, 0.2) is 17.9 Å². The quantitative estimate of drug-likeness (QED) is 0.611. The van der Waals surface area contributed by atoms with E-state index in [0.29, 0.717) is 16.3 Å². The lowest BCUT2D eigenvalue weighted by molar-refractivity contribution is 0.110. The van der Waals surface area contributed by atoms with E-state index in [0.717, 1.165) is 0 Å². The molecule has 0 N–H and O–H groups in total. The molecule has 2 aromatic rings. The van der Waals surface area contributed by atoms with Crippen molar-refractivity contribution in [3.05, 3.63) is 45.5 Å². The molecule has 1 aromatic carbocycles. The van der Waals surface area contributed by atoms with Gasteiger partial charge in [0, 0.05) is 15.6 Å². The first kappa shape index (κ1) is 11.4. The van der Waals surface area contributed by atoms with Crippen molar-refractivity contribution in [3.8, 4) is 11.1 Å². The van der Waals surface area contributed by atoms with Crippen LogP contribution >= 0.6 is 27.5 Å². The van der Waals surface area contributed by atoms with E-state index in [4.69, 9.17) is 16.0 Å². The van der Waals surface area contributed by atoms with Crippen LogP contribution in [0.5, 0.6) is 0 Å². The number of aldehydes is 1. The summed E-state index contributed by atoms with van der Waals surface area (Å²) in [6, 6.07) is 4.66. The van der Waals surface area contributed by atoms with E-state index in [-0.39, 0.29) is 16.3 Å². The van der Waals surface area contributed by atoms with Crippen molar-refractivity contribution in [2.45, 2.75) is 0 Å². The molecule has 0 amide bonds. The van der Waals surface area contributed by atoms with Gasteiger partial charge in [0.1, 0.15) is 0 Å². The molecule has 0 radical (unpaired) electrons. The van der Waals surface area contributed by atoms with E-state index in [1.165, 1.54) is 18.4 Å². The summed E-state index contributed by atoms with van der Waals surface area (Å²) < 4.78 is 19.2. The lowest BCUT2D eigenvalue weighted by atomic mass is 10.1. The number of carbonyl (C=O) groups excluding carboxylic acids is 1. The van der Waals surface area contributed by atoms with Gasteiger partial charge >= 0.3 is 0 Å². The van der Waals surface area contributed by atoms with Crippen molar-refractivity contribution in [1.29, 1.82) is 0 Å². The molecular weight excluding hydrogens is 298 g/mol. The van der Waals surface area contributed by atoms with Gasteiger partial charge in [0.2, 0.25) is 0 Å². The molecule has 0 aliphatic rings. The third-order valence-electron chi connectivity index (χ3n) is 2.13. The Morgan fingerprint density at radius 3 is 2.75 bits per heavy atom. The molecule has 5 heteroatoms. The predicted molar refractivity (Wildman–Crippen MR) is 62.2 cm³/mol. The van der Waals surface area contributed by atoms with E-state index in [1.807, 2.05) is 0 Å². The monoisotopic (exact) mass is 302 g/mol. The average molecular weight is 304 g/mol. The Labute approximate surface area is 104 Å². The molecule has 0 aliphatic heterocycles. The maximum atomic E-state index is 13.8. The van der Waals surface area contributed by atoms with Crippen LogP contribution in [0.3, 0.4) is 0 Å². The van der Waals surface area contributed by atoms with Gasteiger partial charge in [-0.3, -0.25) is 4.79 Å². The summed E-state index contributed by atoms with van der Waals surface area (Å²) in [6.45, 7) is 0. The molecule has 0 saturated carbocycles. The third kappa shape index (κ3) is 1.79. The zero-order valence-corrected chi connectivity index (χ0v) is 10.2. The number of furan rings is 1. The van der Waals surface area contributed by atoms with Crippen LogP contribution in [-0.2, 0) is 0 Å². The molecule has 2 rings (SSSR count). The first-order valence-electron chi connectivity index (χ1n) is 4.31. The van der Waals surface area contributed by atoms with Crippen molar-refractivity contribution in [2.24, 2.45) is 0 Å². The maximum absolute atomic E-state index is 13.8. The summed E-state index contributed by atoms with van der Waals surface area (Å²) in [5.74, 6) is -0.502. The molecule has 82 valence electrons. The molecule has 0 unspecified atom stereocenters. The zero-order valence-electron chi connectivity index (χ0n) is 7.84. The standard InChI is InChI=1S/C11H5BrClFO2/c12-8-2-1-7(11(14)10(8)13)6-3-4-16-9(6)5-15/h1-5H. The number of rotatable bonds is 2. The van der Waals surface area contributed by atoms with Crippen LogP contribution in [-0.4, -0.2) is 6.29 Å². The van der Waals surface area contributed by atoms with E-state index < -0.39 is 5.82 Å². The second-order valence-corrected chi connectivity index (χ2v) is 4.27. The molecule has 0 spiro atoms. The Bertz CT molecular complexity index is 551. The summed E-state index contributed by atoms with van der Waals surface area (Å²) in [6.07, 6.45) is 1.86. The molecule has 0 bridgehead atoms. The minimum absolute atomic E-state index is 0.0180. The van der Waals surface area contributed by atoms with Gasteiger partial charge in [-0.2, -0.15) is 0 Å². The highest BCUT2D eigenvalue weighted by atomic mass is 79.9. The number of hydrogen-bond donors (Lipinski definition) is 0. The van der Waals surface area contributed by atoms with Gasteiger partial charge in [0.25, 0.3) is 0 Å². The van der Waals surface area contributed by atoms with Crippen LogP contribution in [0.2, 0.25) is 5.02 Å². The fraction of sp³-hybridized carbons (Fsp3) is 0. The van der Waals surface area contributed by atoms with Crippen LogP contribution in [0.25, 0.3) is 11.1 Å². The van der Waals surface area contributed by atoms with Crippen LogP contribution < -0.4 is 0 Å². The molecule has 0 fully saturated rings. The third-order valence-corrected chi connectivity index (χ3v) is 3.39. The van der Waals surface area contributed by atoms with Crippen molar-refractivity contribution in [1.82, 2.24) is 0 Å². The summed E-state index contributed by atoms with van der Waals surface area (Å²) in [7, 11) is 0. The number of carbonyl (C=O) groups is 1. The second kappa shape index (κ2) is 4.39. The molecule has 0 aliphatic carbocycles. The summed E-state index contributed by atoms with van der Waals surface area (Å²) >= 11 is 8.87. The molecule has 16 heavy (non-hydrogen) atoms. The van der Waals surface area contributed by atoms with Crippen LogP contribution in [0.4, 0.5) is 4.39 Å². The second-order valence-electron chi connectivity index (χ2n) is 3.04. The van der Waals surface area contributed by atoms with E-state index >= 15 is 0 Å². The van der Waals surface area contributed by atoms with Gasteiger partial charge in [-0.05, 0) is 28.1 Å². The Balaban J connectivity index is 2.65. The van der Waals surface area contributed by atoms with Crippen molar-refractivity contribution in [2.75, 3.05) is 0 Å². The summed E-state index contributed by atoms with van der Waals surface area (Å²) in [5.41, 5.74) is 0.631. The first-order valence-corrected chi connectivity index (χ1v) is 5.48. The van der Waals surface area contributed by atoms with Crippen LogP contribution in [0.1, 0.15) is 10.6 Å². The lowest BCUT2D eigenvalue weighted by Crippen LogP contribution is -1.88. The fourth-order valence-corrected chi connectivity index (χ4v) is 1.84. The Kier molecular flexibility index (Phi) is 3.12. The fourth-order valence-electron chi connectivity index (χ4n) is 1.37. The largest absolute Gasteiger partial charge is 0.461 e. The highest BCUT2D eigenvalue weighted by Crippen LogP contribution is 2.34. The van der Waals surface area contributed by atoms with E-state index in [1.54, 1.807) is 6.07 Å². The van der Waals surface area contributed by atoms with Crippen molar-refractivity contribution in [3.63, 3.8) is 0 Å². The zero-order chi connectivity index (χ0) is 11.7. The Hall–Kier alpha value is -1.13. The van der Waals surface area contributed by atoms with Gasteiger partial charge in [-0.25, -0.2) is 4.39 Å². The minimum atomic E-state index is -0.583. The highest BCUT2D eigenvalue weighted by molar-refractivity contribution is 9.10. The SMILES string of the molecule is O=Cc1occc1-c1ccc(Br)c(Cl)c1F. The lowest BCUT2D eigenvalue weighted by Gasteiger charge is -2.04. The van der Waals surface area contributed by atoms with Crippen LogP contribution in [0.15, 0.2) is 33.4 Å². The average Bonchev–Trinajstić information content (AvgIpc) is 2.74. The molecule has 2 nitrogen and oxygen atoms in total. The first-order chi connectivity index (χ1) is 7.65. The summed E-state index contributed by atoms with van der Waals surface area (Å²) in [4.78, 5) is 10.7.